The molecular weight excluding hydrogens is 472 g/mol. The fraction of sp³-hybridized carbons (Fsp3) is 0.357. The van der Waals surface area contributed by atoms with Gasteiger partial charge in [0.1, 0.15) is 11.8 Å². The van der Waals surface area contributed by atoms with Crippen molar-refractivity contribution in [3.8, 4) is 11.5 Å². The molecule has 3 atom stereocenters. The van der Waals surface area contributed by atoms with E-state index in [4.69, 9.17) is 9.47 Å². The molecular formula is C28H30N4O5. The summed E-state index contributed by atoms with van der Waals surface area (Å²) in [6.07, 6.45) is 0.329. The molecule has 1 unspecified atom stereocenters. The molecule has 37 heavy (non-hydrogen) atoms. The summed E-state index contributed by atoms with van der Waals surface area (Å²) in [5.74, 6) is 0.265. The highest BCUT2D eigenvalue weighted by atomic mass is 16.5. The molecule has 2 aromatic carbocycles. The van der Waals surface area contributed by atoms with Gasteiger partial charge in [-0.25, -0.2) is 5.10 Å². The average molecular weight is 503 g/mol. The van der Waals surface area contributed by atoms with Crippen molar-refractivity contribution >= 4 is 11.8 Å². The number of ether oxygens (including phenoxy) is 2. The number of aryl methyl sites for hydroxylation is 2. The van der Waals surface area contributed by atoms with Crippen LogP contribution in [0.2, 0.25) is 0 Å². The molecule has 0 spiro atoms. The number of nitrogens with one attached hydrogen (secondary N) is 2. The standard InChI is InChI=1S/C28H30N4O5/c1-16(2)22-15-36-28(20-8-6-5-7-9-20)14-21(27(35)32(22)28)29-25(33)19-10-11-23(17(3)12-19)37-24-13-18(4)30-31-26(24)34/h5-13,16,21-22H,14-15H2,1-4H3,(H,29,33)(H,31,34)/t21?,22-,28+/m1/s1. The number of fused-ring (bicyclic) bond motifs is 1. The Morgan fingerprint density at radius 2 is 1.89 bits per heavy atom. The van der Waals surface area contributed by atoms with Crippen molar-refractivity contribution in [1.82, 2.24) is 20.4 Å². The van der Waals surface area contributed by atoms with Crippen molar-refractivity contribution < 1.29 is 19.1 Å². The lowest BCUT2D eigenvalue weighted by molar-refractivity contribution is -0.141. The van der Waals surface area contributed by atoms with Crippen molar-refractivity contribution in [2.45, 2.75) is 51.9 Å². The lowest BCUT2D eigenvalue weighted by Gasteiger charge is -2.34. The van der Waals surface area contributed by atoms with E-state index in [9.17, 15) is 14.4 Å². The van der Waals surface area contributed by atoms with Crippen molar-refractivity contribution in [1.29, 1.82) is 0 Å². The quantitative estimate of drug-likeness (QED) is 0.534. The van der Waals surface area contributed by atoms with Crippen LogP contribution in [0.25, 0.3) is 0 Å². The number of carbonyl (C=O) groups excluding carboxylic acids is 2. The highest BCUT2D eigenvalue weighted by Crippen LogP contribution is 2.47. The summed E-state index contributed by atoms with van der Waals surface area (Å²) in [5, 5.41) is 9.15. The summed E-state index contributed by atoms with van der Waals surface area (Å²) in [7, 11) is 0. The molecule has 3 aromatic rings. The number of H-pyrrole nitrogens is 1. The highest BCUT2D eigenvalue weighted by Gasteiger charge is 2.60. The van der Waals surface area contributed by atoms with Gasteiger partial charge in [0.25, 0.3) is 5.91 Å². The van der Waals surface area contributed by atoms with Gasteiger partial charge in [-0.05, 0) is 43.5 Å². The predicted octanol–water partition coefficient (Wildman–Crippen LogP) is 3.42. The number of benzene rings is 2. The van der Waals surface area contributed by atoms with E-state index in [1.54, 1.807) is 38.1 Å². The Labute approximate surface area is 214 Å². The van der Waals surface area contributed by atoms with Gasteiger partial charge in [0.2, 0.25) is 5.91 Å². The van der Waals surface area contributed by atoms with Crippen LogP contribution in [-0.4, -0.2) is 45.6 Å². The second-order valence-corrected chi connectivity index (χ2v) is 10.00. The van der Waals surface area contributed by atoms with E-state index in [0.717, 1.165) is 5.56 Å². The zero-order chi connectivity index (χ0) is 26.3. The van der Waals surface area contributed by atoms with E-state index in [1.165, 1.54) is 0 Å². The monoisotopic (exact) mass is 502 g/mol. The third kappa shape index (κ3) is 4.40. The molecule has 5 rings (SSSR count). The normalized spacial score (nSPS) is 22.8. The molecule has 0 bridgehead atoms. The van der Waals surface area contributed by atoms with Gasteiger partial charge in [0.15, 0.2) is 11.5 Å². The molecule has 9 nitrogen and oxygen atoms in total. The van der Waals surface area contributed by atoms with Gasteiger partial charge < -0.3 is 19.7 Å². The van der Waals surface area contributed by atoms with Crippen LogP contribution in [-0.2, 0) is 15.3 Å². The van der Waals surface area contributed by atoms with Gasteiger partial charge in [-0.15, -0.1) is 0 Å². The Hall–Kier alpha value is -3.98. The number of aromatic amines is 1. The number of amides is 2. The van der Waals surface area contributed by atoms with Gasteiger partial charge >= 0.3 is 5.56 Å². The maximum Gasteiger partial charge on any atom is 0.307 e. The van der Waals surface area contributed by atoms with Crippen LogP contribution in [0.1, 0.15) is 47.4 Å². The molecule has 2 aliphatic rings. The molecule has 0 saturated carbocycles. The van der Waals surface area contributed by atoms with Crippen molar-refractivity contribution in [3.05, 3.63) is 87.3 Å². The van der Waals surface area contributed by atoms with Crippen LogP contribution in [0.4, 0.5) is 0 Å². The first-order valence-corrected chi connectivity index (χ1v) is 12.4. The van der Waals surface area contributed by atoms with E-state index in [1.807, 2.05) is 35.2 Å². The largest absolute Gasteiger partial charge is 0.451 e. The SMILES string of the molecule is Cc1cc(Oc2ccc(C(=O)NC3C[C@@]4(c5ccccc5)OC[C@H](C(C)C)N4C3=O)cc2C)c(=O)[nH]n1. The Balaban J connectivity index is 1.36. The summed E-state index contributed by atoms with van der Waals surface area (Å²) in [6, 6.07) is 15.4. The van der Waals surface area contributed by atoms with Crippen LogP contribution in [0, 0.1) is 19.8 Å². The second-order valence-electron chi connectivity index (χ2n) is 10.00. The zero-order valence-corrected chi connectivity index (χ0v) is 21.3. The summed E-state index contributed by atoms with van der Waals surface area (Å²) < 4.78 is 12.1. The fourth-order valence-electron chi connectivity index (χ4n) is 5.13. The van der Waals surface area contributed by atoms with Gasteiger partial charge in [-0.2, -0.15) is 5.10 Å². The number of rotatable bonds is 6. The lowest BCUT2D eigenvalue weighted by atomic mass is 9.97. The highest BCUT2D eigenvalue weighted by molar-refractivity contribution is 5.98. The number of hydrogen-bond donors (Lipinski definition) is 2. The molecule has 192 valence electrons. The molecule has 0 radical (unpaired) electrons. The number of hydrogen-bond acceptors (Lipinski definition) is 6. The first-order valence-electron chi connectivity index (χ1n) is 12.4. The molecule has 2 aliphatic heterocycles. The molecule has 9 heteroatoms. The van der Waals surface area contributed by atoms with Gasteiger partial charge in [0, 0.05) is 23.6 Å². The van der Waals surface area contributed by atoms with E-state index in [0.29, 0.717) is 35.6 Å². The van der Waals surface area contributed by atoms with E-state index in [2.05, 4.69) is 29.4 Å². The van der Waals surface area contributed by atoms with Crippen molar-refractivity contribution in [2.75, 3.05) is 6.61 Å². The first kappa shape index (κ1) is 24.7. The molecule has 3 heterocycles. The number of carbonyl (C=O) groups is 2. The van der Waals surface area contributed by atoms with Crippen LogP contribution >= 0.6 is 0 Å². The summed E-state index contributed by atoms with van der Waals surface area (Å²) in [4.78, 5) is 40.7. The minimum atomic E-state index is -0.894. The maximum absolute atomic E-state index is 13.6. The zero-order valence-electron chi connectivity index (χ0n) is 21.3. The number of aromatic nitrogens is 2. The topological polar surface area (TPSA) is 114 Å². The van der Waals surface area contributed by atoms with Crippen molar-refractivity contribution in [3.63, 3.8) is 0 Å². The summed E-state index contributed by atoms with van der Waals surface area (Å²) in [5.41, 5.74) is 1.24. The summed E-state index contributed by atoms with van der Waals surface area (Å²) >= 11 is 0. The Morgan fingerprint density at radius 1 is 1.14 bits per heavy atom. The predicted molar refractivity (Wildman–Crippen MR) is 136 cm³/mol. The second kappa shape index (κ2) is 9.48. The smallest absolute Gasteiger partial charge is 0.307 e. The molecule has 2 fully saturated rings. The minimum absolute atomic E-state index is 0.0757. The lowest BCUT2D eigenvalue weighted by Crippen LogP contribution is -2.47. The molecule has 0 aliphatic carbocycles. The molecule has 2 amide bonds. The van der Waals surface area contributed by atoms with E-state index in [-0.39, 0.29) is 29.5 Å². The van der Waals surface area contributed by atoms with E-state index < -0.39 is 17.3 Å². The third-order valence-electron chi connectivity index (χ3n) is 7.08. The van der Waals surface area contributed by atoms with Crippen LogP contribution < -0.4 is 15.6 Å². The van der Waals surface area contributed by atoms with Crippen molar-refractivity contribution in [2.24, 2.45) is 5.92 Å². The average Bonchev–Trinajstić information content (AvgIpc) is 3.39. The van der Waals surface area contributed by atoms with Gasteiger partial charge in [0.05, 0.1) is 18.3 Å². The fourth-order valence-corrected chi connectivity index (χ4v) is 5.13. The summed E-state index contributed by atoms with van der Waals surface area (Å²) in [6.45, 7) is 8.13. The molecule has 2 N–H and O–H groups in total. The van der Waals surface area contributed by atoms with Gasteiger partial charge in [-0.3, -0.25) is 14.4 Å². The van der Waals surface area contributed by atoms with Crippen LogP contribution in [0.3, 0.4) is 0 Å². The Kier molecular flexibility index (Phi) is 6.33. The Morgan fingerprint density at radius 3 is 2.59 bits per heavy atom. The maximum atomic E-state index is 13.6. The van der Waals surface area contributed by atoms with Crippen LogP contribution in [0.5, 0.6) is 11.5 Å². The van der Waals surface area contributed by atoms with Gasteiger partial charge in [-0.1, -0.05) is 44.2 Å². The third-order valence-corrected chi connectivity index (χ3v) is 7.08. The number of nitrogens with zero attached hydrogens (tertiary/aromatic N) is 2. The first-order chi connectivity index (χ1) is 17.7. The minimum Gasteiger partial charge on any atom is -0.451 e. The molecule has 2 saturated heterocycles. The molecule has 1 aromatic heterocycles. The van der Waals surface area contributed by atoms with E-state index >= 15 is 0 Å². The Bertz CT molecular complexity index is 1400. The van der Waals surface area contributed by atoms with Crippen LogP contribution in [0.15, 0.2) is 59.4 Å².